The number of ether oxygens (including phenoxy) is 2. The van der Waals surface area contributed by atoms with Crippen LogP contribution in [-0.2, 0) is 4.79 Å². The van der Waals surface area contributed by atoms with E-state index in [9.17, 15) is 19.1 Å². The minimum absolute atomic E-state index is 0.143. The fourth-order valence-electron chi connectivity index (χ4n) is 3.55. The zero-order chi connectivity index (χ0) is 22.1. The number of nitrogens with zero attached hydrogens (tertiary/aromatic N) is 1. The molecule has 0 aliphatic carbocycles. The molecule has 0 saturated carbocycles. The van der Waals surface area contributed by atoms with Crippen LogP contribution in [0.2, 0.25) is 0 Å². The lowest BCUT2D eigenvalue weighted by molar-refractivity contribution is -0.152. The molecule has 1 fully saturated rings. The van der Waals surface area contributed by atoms with E-state index in [1.807, 2.05) is 26.0 Å². The van der Waals surface area contributed by atoms with Gasteiger partial charge in [-0.2, -0.15) is 0 Å². The van der Waals surface area contributed by atoms with E-state index in [4.69, 9.17) is 9.47 Å². The Morgan fingerprint density at radius 1 is 1.13 bits per heavy atom. The van der Waals surface area contributed by atoms with Gasteiger partial charge in [0.2, 0.25) is 0 Å². The van der Waals surface area contributed by atoms with E-state index in [1.54, 1.807) is 4.90 Å². The van der Waals surface area contributed by atoms with E-state index in [1.165, 1.54) is 38.1 Å². The predicted octanol–water partition coefficient (Wildman–Crippen LogP) is 4.67. The third-order valence-corrected chi connectivity index (χ3v) is 5.29. The molecular weight excluding hydrogens is 389 g/mol. The third-order valence-electron chi connectivity index (χ3n) is 5.29. The summed E-state index contributed by atoms with van der Waals surface area (Å²) in [6.45, 7) is 7.89. The summed E-state index contributed by atoms with van der Waals surface area (Å²) < 4.78 is 24.1. The summed E-state index contributed by atoms with van der Waals surface area (Å²) in [4.78, 5) is 25.4. The van der Waals surface area contributed by atoms with Crippen LogP contribution in [0.5, 0.6) is 11.5 Å². The van der Waals surface area contributed by atoms with Crippen molar-refractivity contribution in [1.82, 2.24) is 4.90 Å². The number of aryl methyl sites for hydroxylation is 2. The van der Waals surface area contributed by atoms with E-state index in [-0.39, 0.29) is 11.7 Å². The first-order valence-electron chi connectivity index (χ1n) is 9.82. The molecular formula is C23H26FNO5. The van der Waals surface area contributed by atoms with Gasteiger partial charge in [-0.05, 0) is 75.1 Å². The van der Waals surface area contributed by atoms with Crippen LogP contribution in [0, 0.1) is 19.7 Å². The second kappa shape index (κ2) is 8.34. The van der Waals surface area contributed by atoms with E-state index >= 15 is 0 Å². The van der Waals surface area contributed by atoms with Crippen LogP contribution in [0.4, 0.5) is 9.18 Å². The fourth-order valence-corrected chi connectivity index (χ4v) is 3.55. The first kappa shape index (κ1) is 21.6. The Hall–Kier alpha value is -3.09. The second-order valence-electron chi connectivity index (χ2n) is 8.15. The summed E-state index contributed by atoms with van der Waals surface area (Å²) in [7, 11) is 0. The number of halogens is 1. The first-order valence-corrected chi connectivity index (χ1v) is 9.82. The van der Waals surface area contributed by atoms with Gasteiger partial charge >= 0.3 is 12.1 Å². The number of carbonyl (C=O) groups excluding carboxylic acids is 1. The van der Waals surface area contributed by atoms with Crippen molar-refractivity contribution in [2.24, 2.45) is 0 Å². The summed E-state index contributed by atoms with van der Waals surface area (Å²) in [5, 5.41) is 9.32. The normalized spacial score (nSPS) is 16.4. The number of carbonyl (C=O) groups is 2. The van der Waals surface area contributed by atoms with Gasteiger partial charge in [-0.3, -0.25) is 0 Å². The molecule has 2 aromatic carbocycles. The maximum Gasteiger partial charge on any atom is 0.415 e. The number of hydrogen-bond acceptors (Lipinski definition) is 4. The predicted molar refractivity (Wildman–Crippen MR) is 110 cm³/mol. The SMILES string of the molecule is Cc1cc(C2CCN(C(=O)Oc3ccc(F)cc3)C2)cc(C)c1OC(C)(C)C(=O)O. The van der Waals surface area contributed by atoms with E-state index in [0.29, 0.717) is 24.6 Å². The molecule has 1 unspecified atom stereocenters. The van der Waals surface area contributed by atoms with Crippen molar-refractivity contribution in [3.05, 3.63) is 58.9 Å². The zero-order valence-corrected chi connectivity index (χ0v) is 17.6. The first-order chi connectivity index (χ1) is 14.1. The van der Waals surface area contributed by atoms with Crippen molar-refractivity contribution < 1.29 is 28.6 Å². The molecule has 0 bridgehead atoms. The molecule has 1 aliphatic heterocycles. The van der Waals surface area contributed by atoms with Crippen LogP contribution in [0.1, 0.15) is 42.9 Å². The Labute approximate surface area is 175 Å². The molecule has 3 rings (SSSR count). The molecule has 2 aromatic rings. The van der Waals surface area contributed by atoms with Gasteiger partial charge in [0.15, 0.2) is 5.60 Å². The summed E-state index contributed by atoms with van der Waals surface area (Å²) in [5.41, 5.74) is 1.45. The van der Waals surface area contributed by atoms with Gasteiger partial charge in [-0.15, -0.1) is 0 Å². The van der Waals surface area contributed by atoms with Crippen LogP contribution < -0.4 is 9.47 Å². The number of amides is 1. The number of carboxylic acids is 1. The molecule has 1 heterocycles. The highest BCUT2D eigenvalue weighted by atomic mass is 19.1. The van der Waals surface area contributed by atoms with Crippen molar-refractivity contribution >= 4 is 12.1 Å². The highest BCUT2D eigenvalue weighted by molar-refractivity contribution is 5.77. The summed E-state index contributed by atoms with van der Waals surface area (Å²) >= 11 is 0. The summed E-state index contributed by atoms with van der Waals surface area (Å²) in [6, 6.07) is 9.31. The van der Waals surface area contributed by atoms with Crippen LogP contribution in [0.15, 0.2) is 36.4 Å². The lowest BCUT2D eigenvalue weighted by atomic mass is 9.94. The van der Waals surface area contributed by atoms with E-state index < -0.39 is 17.7 Å². The van der Waals surface area contributed by atoms with E-state index in [2.05, 4.69) is 0 Å². The molecule has 7 heteroatoms. The molecule has 0 spiro atoms. The molecule has 0 aromatic heterocycles. The van der Waals surface area contributed by atoms with Gasteiger partial charge in [-0.1, -0.05) is 12.1 Å². The fraction of sp³-hybridized carbons (Fsp3) is 0.391. The average molecular weight is 415 g/mol. The maximum absolute atomic E-state index is 13.0. The number of benzene rings is 2. The molecule has 1 aliphatic rings. The summed E-state index contributed by atoms with van der Waals surface area (Å²) in [5.74, 6) is -0.405. The van der Waals surface area contributed by atoms with Crippen LogP contribution >= 0.6 is 0 Å². The molecule has 160 valence electrons. The van der Waals surface area contributed by atoms with Gasteiger partial charge in [0.1, 0.15) is 17.3 Å². The van der Waals surface area contributed by atoms with Crippen molar-refractivity contribution in [2.45, 2.75) is 45.6 Å². The Balaban J connectivity index is 1.69. The Morgan fingerprint density at radius 2 is 1.73 bits per heavy atom. The standard InChI is InChI=1S/C23H26FNO5/c1-14-11-17(12-15(2)20(14)30-23(3,4)21(26)27)16-9-10-25(13-16)22(28)29-19-7-5-18(24)6-8-19/h5-8,11-12,16H,9-10,13H2,1-4H3,(H,26,27). The van der Waals surface area contributed by atoms with Gasteiger partial charge in [0, 0.05) is 19.0 Å². The third kappa shape index (κ3) is 4.72. The van der Waals surface area contributed by atoms with Crippen LogP contribution in [0.3, 0.4) is 0 Å². The molecule has 1 amide bonds. The monoisotopic (exact) mass is 415 g/mol. The van der Waals surface area contributed by atoms with Crippen molar-refractivity contribution in [1.29, 1.82) is 0 Å². The minimum atomic E-state index is -1.33. The van der Waals surface area contributed by atoms with Gasteiger partial charge < -0.3 is 19.5 Å². The largest absolute Gasteiger partial charge is 0.478 e. The smallest absolute Gasteiger partial charge is 0.415 e. The minimum Gasteiger partial charge on any atom is -0.478 e. The van der Waals surface area contributed by atoms with Gasteiger partial charge in [-0.25, -0.2) is 14.0 Å². The van der Waals surface area contributed by atoms with Crippen LogP contribution in [-0.4, -0.2) is 40.8 Å². The highest BCUT2D eigenvalue weighted by Crippen LogP contribution is 2.34. The van der Waals surface area contributed by atoms with E-state index in [0.717, 1.165) is 23.1 Å². The lowest BCUT2D eigenvalue weighted by Gasteiger charge is -2.25. The number of rotatable bonds is 5. The van der Waals surface area contributed by atoms with Crippen LogP contribution in [0.25, 0.3) is 0 Å². The number of aliphatic carboxylic acids is 1. The topological polar surface area (TPSA) is 76.1 Å². The zero-order valence-electron chi connectivity index (χ0n) is 17.6. The average Bonchev–Trinajstić information content (AvgIpc) is 3.16. The highest BCUT2D eigenvalue weighted by Gasteiger charge is 2.32. The van der Waals surface area contributed by atoms with Crippen molar-refractivity contribution in [3.8, 4) is 11.5 Å². The number of hydrogen-bond donors (Lipinski definition) is 1. The molecule has 6 nitrogen and oxygen atoms in total. The van der Waals surface area contributed by atoms with Crippen molar-refractivity contribution in [2.75, 3.05) is 13.1 Å². The summed E-state index contributed by atoms with van der Waals surface area (Å²) in [6.07, 6.45) is 0.332. The molecule has 1 saturated heterocycles. The van der Waals surface area contributed by atoms with Gasteiger partial charge in [0.25, 0.3) is 0 Å². The van der Waals surface area contributed by atoms with Gasteiger partial charge in [0.05, 0.1) is 0 Å². The molecule has 1 N–H and O–H groups in total. The van der Waals surface area contributed by atoms with Crippen molar-refractivity contribution in [3.63, 3.8) is 0 Å². The molecule has 0 radical (unpaired) electrons. The Kier molecular flexibility index (Phi) is 6.01. The Morgan fingerprint density at radius 3 is 2.30 bits per heavy atom. The molecule has 1 atom stereocenters. The quantitative estimate of drug-likeness (QED) is 0.768. The second-order valence-corrected chi connectivity index (χ2v) is 8.15. The maximum atomic E-state index is 13.0. The Bertz CT molecular complexity index is 932. The lowest BCUT2D eigenvalue weighted by Crippen LogP contribution is -2.38. The molecule has 30 heavy (non-hydrogen) atoms. The number of likely N-dealkylation sites (tertiary alicyclic amines) is 1. The number of carboxylic acid groups (broad SMARTS) is 1.